The maximum Gasteiger partial charge on any atom is 0.261 e. The van der Waals surface area contributed by atoms with Gasteiger partial charge in [0.25, 0.3) is 11.5 Å². The molecule has 5 nitrogen and oxygen atoms in total. The Kier molecular flexibility index (Phi) is 6.04. The van der Waals surface area contributed by atoms with Crippen LogP contribution in [0.15, 0.2) is 33.8 Å². The summed E-state index contributed by atoms with van der Waals surface area (Å²) >= 11 is 1.59. The minimum atomic E-state index is -0.334. The summed E-state index contributed by atoms with van der Waals surface area (Å²) in [5, 5.41) is 6.74. The molecule has 3 rings (SSSR count). The number of carbonyl (C=O) groups is 1. The Morgan fingerprint density at radius 2 is 2.08 bits per heavy atom. The van der Waals surface area contributed by atoms with Gasteiger partial charge in [-0.05, 0) is 54.4 Å². The lowest BCUT2D eigenvalue weighted by Crippen LogP contribution is -2.34. The molecule has 0 bridgehead atoms. The van der Waals surface area contributed by atoms with E-state index in [1.54, 1.807) is 17.4 Å². The molecular formula is C19H25N3O2S. The lowest BCUT2D eigenvalue weighted by molar-refractivity contribution is 0.0949. The maximum atomic E-state index is 12.3. The van der Waals surface area contributed by atoms with Gasteiger partial charge < -0.3 is 10.3 Å². The van der Waals surface area contributed by atoms with E-state index in [2.05, 4.69) is 22.2 Å². The molecule has 2 heterocycles. The third-order valence-corrected chi connectivity index (χ3v) is 5.60. The molecule has 1 fully saturated rings. The molecule has 1 saturated carbocycles. The zero-order chi connectivity index (χ0) is 17.6. The van der Waals surface area contributed by atoms with E-state index in [0.29, 0.717) is 19.1 Å². The van der Waals surface area contributed by atoms with Crippen molar-refractivity contribution in [2.45, 2.75) is 51.2 Å². The number of aromatic amines is 1. The highest BCUT2D eigenvalue weighted by Gasteiger charge is 2.18. The van der Waals surface area contributed by atoms with Crippen LogP contribution in [-0.2, 0) is 13.1 Å². The molecule has 0 aromatic carbocycles. The number of nitrogens with one attached hydrogen (secondary N) is 2. The molecule has 0 saturated heterocycles. The molecule has 0 atom stereocenters. The van der Waals surface area contributed by atoms with Crippen molar-refractivity contribution >= 4 is 17.2 Å². The summed E-state index contributed by atoms with van der Waals surface area (Å²) in [6.45, 7) is 1.14. The molecule has 0 spiro atoms. The fourth-order valence-electron chi connectivity index (χ4n) is 3.38. The van der Waals surface area contributed by atoms with Crippen LogP contribution < -0.4 is 10.9 Å². The average Bonchev–Trinajstić information content (AvgIpc) is 3.14. The smallest absolute Gasteiger partial charge is 0.261 e. The number of amides is 1. The monoisotopic (exact) mass is 359 g/mol. The summed E-state index contributed by atoms with van der Waals surface area (Å²) in [7, 11) is 2.11. The molecule has 1 aliphatic carbocycles. The first-order chi connectivity index (χ1) is 12.1. The Hall–Kier alpha value is -1.92. The fraction of sp³-hybridized carbons (Fsp3) is 0.474. The number of rotatable bonds is 6. The van der Waals surface area contributed by atoms with Gasteiger partial charge >= 0.3 is 0 Å². The van der Waals surface area contributed by atoms with E-state index in [1.165, 1.54) is 32.1 Å². The summed E-state index contributed by atoms with van der Waals surface area (Å²) in [5.74, 6) is -0.334. The molecule has 6 heteroatoms. The largest absolute Gasteiger partial charge is 0.348 e. The molecule has 2 N–H and O–H groups in total. The van der Waals surface area contributed by atoms with E-state index in [1.807, 2.05) is 22.9 Å². The molecule has 1 amide bonds. The van der Waals surface area contributed by atoms with Crippen LogP contribution in [-0.4, -0.2) is 28.9 Å². The Morgan fingerprint density at radius 3 is 2.76 bits per heavy atom. The molecule has 0 radical (unpaired) electrons. The number of thiophene rings is 1. The van der Waals surface area contributed by atoms with Crippen molar-refractivity contribution in [3.8, 4) is 0 Å². The number of aromatic nitrogens is 1. The van der Waals surface area contributed by atoms with Crippen molar-refractivity contribution < 1.29 is 4.79 Å². The van der Waals surface area contributed by atoms with Crippen molar-refractivity contribution in [3.63, 3.8) is 0 Å². The second-order valence-corrected chi connectivity index (χ2v) is 7.53. The summed E-state index contributed by atoms with van der Waals surface area (Å²) in [6.07, 6.45) is 6.35. The molecular weight excluding hydrogens is 334 g/mol. The van der Waals surface area contributed by atoms with Crippen LogP contribution in [0.3, 0.4) is 0 Å². The SMILES string of the molecule is CN(Cc1ccc(C(=O)NCc2ccsc2)c(=O)[nH]1)C1CCCCC1. The molecule has 2 aromatic heterocycles. The number of nitrogens with zero attached hydrogens (tertiary/aromatic N) is 1. The first-order valence-corrected chi connectivity index (χ1v) is 9.79. The van der Waals surface area contributed by atoms with Gasteiger partial charge in [-0.2, -0.15) is 11.3 Å². The Balaban J connectivity index is 1.59. The molecule has 1 aliphatic rings. The first-order valence-electron chi connectivity index (χ1n) is 8.85. The molecule has 25 heavy (non-hydrogen) atoms. The van der Waals surface area contributed by atoms with E-state index in [-0.39, 0.29) is 17.0 Å². The van der Waals surface area contributed by atoms with Crippen LogP contribution in [0.4, 0.5) is 0 Å². The Bertz CT molecular complexity index is 748. The topological polar surface area (TPSA) is 65.2 Å². The van der Waals surface area contributed by atoms with E-state index in [4.69, 9.17) is 0 Å². The standard InChI is InChI=1S/C19H25N3O2S/c1-22(16-5-3-2-4-6-16)12-15-7-8-17(19(24)21-15)18(23)20-11-14-9-10-25-13-14/h7-10,13,16H,2-6,11-12H2,1H3,(H,20,23)(H,21,24). The molecule has 2 aromatic rings. The number of hydrogen-bond donors (Lipinski definition) is 2. The Labute approximate surface area is 152 Å². The average molecular weight is 359 g/mol. The van der Waals surface area contributed by atoms with Crippen molar-refractivity contribution in [2.24, 2.45) is 0 Å². The van der Waals surface area contributed by atoms with Crippen molar-refractivity contribution in [2.75, 3.05) is 7.05 Å². The summed E-state index contributed by atoms with van der Waals surface area (Å²) in [4.78, 5) is 29.6. The summed E-state index contributed by atoms with van der Waals surface area (Å²) in [5.41, 5.74) is 1.74. The second-order valence-electron chi connectivity index (χ2n) is 6.75. The number of H-pyrrole nitrogens is 1. The van der Waals surface area contributed by atoms with Gasteiger partial charge in [0.15, 0.2) is 0 Å². The van der Waals surface area contributed by atoms with Gasteiger partial charge in [-0.15, -0.1) is 0 Å². The van der Waals surface area contributed by atoms with Gasteiger partial charge in [0.2, 0.25) is 0 Å². The van der Waals surface area contributed by atoms with Crippen LogP contribution in [0.25, 0.3) is 0 Å². The van der Waals surface area contributed by atoms with Gasteiger partial charge in [0, 0.05) is 24.8 Å². The summed E-state index contributed by atoms with van der Waals surface area (Å²) < 4.78 is 0. The molecule has 0 aliphatic heterocycles. The highest BCUT2D eigenvalue weighted by Crippen LogP contribution is 2.22. The van der Waals surface area contributed by atoms with E-state index < -0.39 is 0 Å². The van der Waals surface area contributed by atoms with Crippen molar-refractivity contribution in [3.05, 3.63) is 56.1 Å². The maximum absolute atomic E-state index is 12.3. The van der Waals surface area contributed by atoms with Crippen LogP contribution in [0.2, 0.25) is 0 Å². The Morgan fingerprint density at radius 1 is 1.28 bits per heavy atom. The number of carbonyl (C=O) groups excluding carboxylic acids is 1. The van der Waals surface area contributed by atoms with Crippen LogP contribution >= 0.6 is 11.3 Å². The number of pyridine rings is 1. The van der Waals surface area contributed by atoms with E-state index in [9.17, 15) is 9.59 Å². The fourth-order valence-corrected chi connectivity index (χ4v) is 4.04. The lowest BCUT2D eigenvalue weighted by Gasteiger charge is -2.31. The highest BCUT2D eigenvalue weighted by atomic mass is 32.1. The van der Waals surface area contributed by atoms with Crippen LogP contribution in [0.5, 0.6) is 0 Å². The highest BCUT2D eigenvalue weighted by molar-refractivity contribution is 7.07. The first kappa shape index (κ1) is 17.9. The third-order valence-electron chi connectivity index (χ3n) is 4.87. The predicted octanol–water partition coefficient (Wildman–Crippen LogP) is 3.13. The van der Waals surface area contributed by atoms with Gasteiger partial charge in [-0.1, -0.05) is 19.3 Å². The predicted molar refractivity (Wildman–Crippen MR) is 101 cm³/mol. The minimum absolute atomic E-state index is 0.166. The van der Waals surface area contributed by atoms with E-state index >= 15 is 0 Å². The molecule has 0 unspecified atom stereocenters. The third kappa shape index (κ3) is 4.80. The normalized spacial score (nSPS) is 15.4. The van der Waals surface area contributed by atoms with Crippen LogP contribution in [0.1, 0.15) is 53.7 Å². The van der Waals surface area contributed by atoms with Crippen LogP contribution in [0, 0.1) is 0 Å². The zero-order valence-corrected chi connectivity index (χ0v) is 15.4. The van der Waals surface area contributed by atoms with Crippen molar-refractivity contribution in [1.29, 1.82) is 0 Å². The van der Waals surface area contributed by atoms with Gasteiger partial charge in [-0.3, -0.25) is 14.5 Å². The van der Waals surface area contributed by atoms with Gasteiger partial charge in [0.1, 0.15) is 5.56 Å². The van der Waals surface area contributed by atoms with Gasteiger partial charge in [-0.25, -0.2) is 0 Å². The zero-order valence-electron chi connectivity index (χ0n) is 14.6. The minimum Gasteiger partial charge on any atom is -0.348 e. The quantitative estimate of drug-likeness (QED) is 0.833. The second kappa shape index (κ2) is 8.45. The van der Waals surface area contributed by atoms with Crippen molar-refractivity contribution in [1.82, 2.24) is 15.2 Å². The summed E-state index contributed by atoms with van der Waals surface area (Å²) in [6, 6.07) is 6.02. The van der Waals surface area contributed by atoms with Gasteiger partial charge in [0.05, 0.1) is 0 Å². The number of hydrogen-bond acceptors (Lipinski definition) is 4. The molecule has 134 valence electrons. The lowest BCUT2D eigenvalue weighted by atomic mass is 9.94. The van der Waals surface area contributed by atoms with E-state index in [0.717, 1.165) is 11.3 Å².